The molecule has 0 bridgehead atoms. The molecule has 1 aliphatic rings. The van der Waals surface area contributed by atoms with Crippen LogP contribution in [-0.4, -0.2) is 26.3 Å². The third-order valence-corrected chi connectivity index (χ3v) is 3.25. The van der Waals surface area contributed by atoms with Gasteiger partial charge in [0.2, 0.25) is 0 Å². The van der Waals surface area contributed by atoms with Crippen LogP contribution in [0.4, 0.5) is 0 Å². The summed E-state index contributed by atoms with van der Waals surface area (Å²) in [7, 11) is 1.64. The van der Waals surface area contributed by atoms with E-state index in [1.165, 1.54) is 0 Å². The van der Waals surface area contributed by atoms with Gasteiger partial charge in [-0.05, 0) is 43.2 Å². The third kappa shape index (κ3) is 3.45. The van der Waals surface area contributed by atoms with Gasteiger partial charge in [0.15, 0.2) is 0 Å². The van der Waals surface area contributed by atoms with Gasteiger partial charge in [0.1, 0.15) is 11.5 Å². The molecule has 0 aliphatic heterocycles. The second kappa shape index (κ2) is 6.97. The molecule has 1 aromatic rings. The first kappa shape index (κ1) is 15.2. The Labute approximate surface area is 125 Å². The highest BCUT2D eigenvalue weighted by molar-refractivity contribution is 5.95. The Morgan fingerprint density at radius 3 is 2.43 bits per heavy atom. The summed E-state index contributed by atoms with van der Waals surface area (Å²) in [5.41, 5.74) is 2.68. The quantitative estimate of drug-likeness (QED) is 0.753. The standard InChI is InChI=1S/C17H20O4/c1-4-20-16-11-13(10-15(16)17(18)21-5-2)12-6-8-14(19-3)9-7-12/h6-9,11H,4-5,10H2,1-3H3. The summed E-state index contributed by atoms with van der Waals surface area (Å²) in [5.74, 6) is 1.11. The van der Waals surface area contributed by atoms with E-state index in [4.69, 9.17) is 14.2 Å². The van der Waals surface area contributed by atoms with Gasteiger partial charge in [-0.3, -0.25) is 0 Å². The van der Waals surface area contributed by atoms with Crippen LogP contribution in [-0.2, 0) is 14.3 Å². The Bertz CT molecular complexity index is 567. The fraction of sp³-hybridized carbons (Fsp3) is 0.353. The lowest BCUT2D eigenvalue weighted by atomic mass is 10.0. The summed E-state index contributed by atoms with van der Waals surface area (Å²) in [6.45, 7) is 4.57. The molecule has 0 amide bonds. The van der Waals surface area contributed by atoms with Crippen LogP contribution < -0.4 is 4.74 Å². The molecule has 0 fully saturated rings. The van der Waals surface area contributed by atoms with Crippen LogP contribution in [0.2, 0.25) is 0 Å². The van der Waals surface area contributed by atoms with Gasteiger partial charge < -0.3 is 14.2 Å². The number of esters is 1. The molecule has 0 saturated heterocycles. The normalized spacial score (nSPS) is 14.0. The van der Waals surface area contributed by atoms with E-state index in [1.54, 1.807) is 14.0 Å². The molecule has 112 valence electrons. The Morgan fingerprint density at radius 2 is 1.86 bits per heavy atom. The molecule has 0 heterocycles. The van der Waals surface area contributed by atoms with Crippen molar-refractivity contribution in [3.05, 3.63) is 47.2 Å². The highest BCUT2D eigenvalue weighted by Crippen LogP contribution is 2.34. The first-order valence-corrected chi connectivity index (χ1v) is 7.07. The van der Waals surface area contributed by atoms with E-state index in [2.05, 4.69) is 0 Å². The van der Waals surface area contributed by atoms with Crippen LogP contribution in [0.1, 0.15) is 25.8 Å². The number of carbonyl (C=O) groups excluding carboxylic acids is 1. The Balaban J connectivity index is 2.21. The molecule has 0 aromatic heterocycles. The smallest absolute Gasteiger partial charge is 0.338 e. The Morgan fingerprint density at radius 1 is 1.14 bits per heavy atom. The minimum absolute atomic E-state index is 0.305. The van der Waals surface area contributed by atoms with E-state index in [9.17, 15) is 4.79 Å². The SMILES string of the molecule is CCOC(=O)C1=C(OCC)C=C(c2ccc(OC)cc2)C1. The van der Waals surface area contributed by atoms with Gasteiger partial charge in [0.25, 0.3) is 0 Å². The molecule has 0 saturated carbocycles. The zero-order valence-corrected chi connectivity index (χ0v) is 12.6. The second-order valence-corrected chi connectivity index (χ2v) is 4.57. The summed E-state index contributed by atoms with van der Waals surface area (Å²) in [4.78, 5) is 12.0. The predicted molar refractivity (Wildman–Crippen MR) is 80.9 cm³/mol. The van der Waals surface area contributed by atoms with Crippen LogP contribution in [0.5, 0.6) is 5.75 Å². The van der Waals surface area contributed by atoms with Gasteiger partial charge in [-0.15, -0.1) is 0 Å². The number of rotatable bonds is 6. The molecule has 4 nitrogen and oxygen atoms in total. The Kier molecular flexibility index (Phi) is 5.04. The van der Waals surface area contributed by atoms with Gasteiger partial charge >= 0.3 is 5.97 Å². The van der Waals surface area contributed by atoms with Crippen LogP contribution in [0.15, 0.2) is 41.7 Å². The molecule has 2 rings (SSSR count). The fourth-order valence-corrected chi connectivity index (χ4v) is 2.24. The molecule has 1 aliphatic carbocycles. The number of methoxy groups -OCH3 is 1. The predicted octanol–water partition coefficient (Wildman–Crippen LogP) is 3.34. The van der Waals surface area contributed by atoms with Crippen LogP contribution in [0, 0.1) is 0 Å². The first-order chi connectivity index (χ1) is 10.2. The summed E-state index contributed by atoms with van der Waals surface area (Å²) < 4.78 is 15.8. The molecular formula is C17H20O4. The van der Waals surface area contributed by atoms with Crippen LogP contribution in [0.25, 0.3) is 5.57 Å². The van der Waals surface area contributed by atoms with Crippen molar-refractivity contribution in [1.29, 1.82) is 0 Å². The lowest BCUT2D eigenvalue weighted by Gasteiger charge is -2.07. The lowest BCUT2D eigenvalue weighted by Crippen LogP contribution is -2.09. The van der Waals surface area contributed by atoms with E-state index in [0.717, 1.165) is 16.9 Å². The average molecular weight is 288 g/mol. The van der Waals surface area contributed by atoms with Gasteiger partial charge in [0.05, 0.1) is 25.9 Å². The van der Waals surface area contributed by atoms with Crippen molar-refractivity contribution in [2.75, 3.05) is 20.3 Å². The molecule has 21 heavy (non-hydrogen) atoms. The highest BCUT2D eigenvalue weighted by Gasteiger charge is 2.25. The minimum atomic E-state index is -0.305. The number of carbonyl (C=O) groups is 1. The van der Waals surface area contributed by atoms with Gasteiger partial charge in [-0.2, -0.15) is 0 Å². The van der Waals surface area contributed by atoms with E-state index < -0.39 is 0 Å². The van der Waals surface area contributed by atoms with Crippen LogP contribution in [0.3, 0.4) is 0 Å². The molecule has 0 radical (unpaired) electrons. The van der Waals surface area contributed by atoms with Crippen molar-refractivity contribution in [1.82, 2.24) is 0 Å². The third-order valence-electron chi connectivity index (χ3n) is 3.25. The summed E-state index contributed by atoms with van der Waals surface area (Å²) >= 11 is 0. The zero-order valence-electron chi connectivity index (χ0n) is 12.6. The molecular weight excluding hydrogens is 268 g/mol. The Hall–Kier alpha value is -2.23. The highest BCUT2D eigenvalue weighted by atomic mass is 16.5. The van der Waals surface area contributed by atoms with Crippen LogP contribution >= 0.6 is 0 Å². The number of benzene rings is 1. The van der Waals surface area contributed by atoms with Crippen molar-refractivity contribution in [3.63, 3.8) is 0 Å². The number of ether oxygens (including phenoxy) is 3. The van der Waals surface area contributed by atoms with Crippen molar-refractivity contribution in [2.24, 2.45) is 0 Å². The monoisotopic (exact) mass is 288 g/mol. The fourth-order valence-electron chi connectivity index (χ4n) is 2.24. The maximum atomic E-state index is 12.0. The molecule has 4 heteroatoms. The van der Waals surface area contributed by atoms with Crippen molar-refractivity contribution in [2.45, 2.75) is 20.3 Å². The van der Waals surface area contributed by atoms with Crippen molar-refractivity contribution >= 4 is 11.5 Å². The van der Waals surface area contributed by atoms with E-state index >= 15 is 0 Å². The van der Waals surface area contributed by atoms with Crippen molar-refractivity contribution < 1.29 is 19.0 Å². The maximum absolute atomic E-state index is 12.0. The zero-order chi connectivity index (χ0) is 15.2. The topological polar surface area (TPSA) is 44.8 Å². The largest absolute Gasteiger partial charge is 0.497 e. The molecule has 0 unspecified atom stereocenters. The maximum Gasteiger partial charge on any atom is 0.338 e. The number of hydrogen-bond donors (Lipinski definition) is 0. The lowest BCUT2D eigenvalue weighted by molar-refractivity contribution is -0.138. The minimum Gasteiger partial charge on any atom is -0.497 e. The first-order valence-electron chi connectivity index (χ1n) is 7.07. The van der Waals surface area contributed by atoms with Crippen molar-refractivity contribution in [3.8, 4) is 5.75 Å². The van der Waals surface area contributed by atoms with Gasteiger partial charge in [-0.25, -0.2) is 4.79 Å². The molecule has 0 atom stereocenters. The second-order valence-electron chi connectivity index (χ2n) is 4.57. The van der Waals surface area contributed by atoms with E-state index in [-0.39, 0.29) is 5.97 Å². The van der Waals surface area contributed by atoms with Gasteiger partial charge in [0, 0.05) is 6.42 Å². The van der Waals surface area contributed by atoms with Gasteiger partial charge in [-0.1, -0.05) is 12.1 Å². The van der Waals surface area contributed by atoms with E-state index in [0.29, 0.717) is 31.0 Å². The summed E-state index contributed by atoms with van der Waals surface area (Å²) in [6, 6.07) is 7.75. The average Bonchev–Trinajstić information content (AvgIpc) is 2.92. The molecule has 0 N–H and O–H groups in total. The summed E-state index contributed by atoms with van der Waals surface area (Å²) in [6.07, 6.45) is 2.44. The molecule has 0 spiro atoms. The number of allylic oxidation sites excluding steroid dienone is 2. The van der Waals surface area contributed by atoms with E-state index in [1.807, 2.05) is 37.3 Å². The summed E-state index contributed by atoms with van der Waals surface area (Å²) in [5, 5.41) is 0. The molecule has 1 aromatic carbocycles. The number of hydrogen-bond acceptors (Lipinski definition) is 4.